The highest BCUT2D eigenvalue weighted by Gasteiger charge is 2.23. The molecule has 5 heteroatoms. The summed E-state index contributed by atoms with van der Waals surface area (Å²) in [6.45, 7) is 3.16. The van der Waals surface area contributed by atoms with Gasteiger partial charge in [0.25, 0.3) is 0 Å². The quantitative estimate of drug-likeness (QED) is 0.843. The number of carbonyl (C=O) groups excluding carboxylic acids is 1. The Hall–Kier alpha value is -1.46. The number of halogens is 1. The third-order valence-electron chi connectivity index (χ3n) is 3.38. The summed E-state index contributed by atoms with van der Waals surface area (Å²) in [5.74, 6) is 0.0480. The zero-order valence-electron chi connectivity index (χ0n) is 11.2. The molecule has 1 amide bonds. The number of hydrogen-bond donors (Lipinski definition) is 2. The van der Waals surface area contributed by atoms with Gasteiger partial charge in [0.15, 0.2) is 0 Å². The Morgan fingerprint density at radius 1 is 1.47 bits per heavy atom. The Morgan fingerprint density at radius 3 is 3.00 bits per heavy atom. The third-order valence-corrected chi connectivity index (χ3v) is 3.38. The Morgan fingerprint density at radius 2 is 2.26 bits per heavy atom. The predicted octanol–water partition coefficient (Wildman–Crippen LogP) is 1.31. The Kier molecular flexibility index (Phi) is 4.87. The molecule has 1 heterocycles. The fourth-order valence-corrected chi connectivity index (χ4v) is 2.47. The molecule has 0 aromatic heterocycles. The normalized spacial score (nSPS) is 19.6. The summed E-state index contributed by atoms with van der Waals surface area (Å²) in [7, 11) is 1.94. The van der Waals surface area contributed by atoms with Gasteiger partial charge < -0.3 is 10.6 Å². The van der Waals surface area contributed by atoms with Gasteiger partial charge in [-0.3, -0.25) is 9.69 Å². The van der Waals surface area contributed by atoms with E-state index < -0.39 is 5.82 Å². The number of para-hydroxylation sites is 1. The van der Waals surface area contributed by atoms with Crippen LogP contribution in [0.15, 0.2) is 24.3 Å². The summed E-state index contributed by atoms with van der Waals surface area (Å²) in [5.41, 5.74) is 0.249. The highest BCUT2D eigenvalue weighted by Crippen LogP contribution is 2.16. The monoisotopic (exact) mass is 265 g/mol. The lowest BCUT2D eigenvalue weighted by Gasteiger charge is -2.15. The van der Waals surface area contributed by atoms with Crippen molar-refractivity contribution in [2.24, 2.45) is 5.92 Å². The molecule has 1 fully saturated rings. The van der Waals surface area contributed by atoms with Crippen molar-refractivity contribution in [2.75, 3.05) is 38.5 Å². The molecule has 1 aliphatic heterocycles. The van der Waals surface area contributed by atoms with E-state index in [1.165, 1.54) is 6.07 Å². The van der Waals surface area contributed by atoms with Gasteiger partial charge >= 0.3 is 0 Å². The average molecular weight is 265 g/mol. The third kappa shape index (κ3) is 4.01. The van der Waals surface area contributed by atoms with Crippen molar-refractivity contribution in [2.45, 2.75) is 6.42 Å². The van der Waals surface area contributed by atoms with Gasteiger partial charge in [-0.15, -0.1) is 0 Å². The van der Waals surface area contributed by atoms with Gasteiger partial charge in [0, 0.05) is 6.54 Å². The maximum atomic E-state index is 13.4. The van der Waals surface area contributed by atoms with E-state index in [4.69, 9.17) is 0 Å². The summed E-state index contributed by atoms with van der Waals surface area (Å²) in [6, 6.07) is 6.22. The molecule has 1 aromatic carbocycles. The van der Waals surface area contributed by atoms with E-state index in [2.05, 4.69) is 15.5 Å². The number of nitrogens with zero attached hydrogens (tertiary/aromatic N) is 1. The van der Waals surface area contributed by atoms with Gasteiger partial charge in [-0.25, -0.2) is 4.39 Å². The Labute approximate surface area is 113 Å². The fraction of sp³-hybridized carbons (Fsp3) is 0.500. The standard InChI is InChI=1S/C14H20FN3O/c1-16-8-11-6-7-18(9-11)10-14(19)17-13-5-3-2-4-12(13)15/h2-5,11,16H,6-10H2,1H3,(H,17,19). The zero-order valence-corrected chi connectivity index (χ0v) is 11.2. The molecule has 1 aliphatic rings. The lowest BCUT2D eigenvalue weighted by Crippen LogP contribution is -2.32. The lowest BCUT2D eigenvalue weighted by atomic mass is 10.1. The highest BCUT2D eigenvalue weighted by molar-refractivity contribution is 5.92. The number of anilines is 1. The molecule has 2 N–H and O–H groups in total. The topological polar surface area (TPSA) is 44.4 Å². The maximum absolute atomic E-state index is 13.4. The van der Waals surface area contributed by atoms with Crippen LogP contribution in [0.5, 0.6) is 0 Å². The molecular weight excluding hydrogens is 245 g/mol. The van der Waals surface area contributed by atoms with Gasteiger partial charge in [-0.05, 0) is 44.6 Å². The number of nitrogens with one attached hydrogen (secondary N) is 2. The average Bonchev–Trinajstić information content (AvgIpc) is 2.80. The van der Waals surface area contributed by atoms with Crippen LogP contribution in [0.2, 0.25) is 0 Å². The summed E-state index contributed by atoms with van der Waals surface area (Å²) in [5, 5.41) is 5.77. The van der Waals surface area contributed by atoms with Gasteiger partial charge in [0.1, 0.15) is 5.82 Å². The van der Waals surface area contributed by atoms with Gasteiger partial charge in [0.05, 0.1) is 12.2 Å². The van der Waals surface area contributed by atoms with E-state index >= 15 is 0 Å². The Balaban J connectivity index is 1.81. The van der Waals surface area contributed by atoms with Crippen molar-refractivity contribution >= 4 is 11.6 Å². The second-order valence-electron chi connectivity index (χ2n) is 4.98. The summed E-state index contributed by atoms with van der Waals surface area (Å²) in [6.07, 6.45) is 1.10. The van der Waals surface area contributed by atoms with Gasteiger partial charge in [-0.1, -0.05) is 12.1 Å². The van der Waals surface area contributed by atoms with Crippen LogP contribution in [0.3, 0.4) is 0 Å². The summed E-state index contributed by atoms with van der Waals surface area (Å²) < 4.78 is 13.4. The number of benzene rings is 1. The minimum atomic E-state index is -0.398. The second kappa shape index (κ2) is 6.63. The molecule has 19 heavy (non-hydrogen) atoms. The molecule has 2 rings (SSSR count). The zero-order chi connectivity index (χ0) is 13.7. The number of amides is 1. The summed E-state index contributed by atoms with van der Waals surface area (Å²) in [4.78, 5) is 14.0. The van der Waals surface area contributed by atoms with E-state index in [1.807, 2.05) is 7.05 Å². The number of hydrogen-bond acceptors (Lipinski definition) is 3. The van der Waals surface area contributed by atoms with Gasteiger partial charge in [0.2, 0.25) is 5.91 Å². The number of likely N-dealkylation sites (tertiary alicyclic amines) is 1. The first-order valence-corrected chi connectivity index (χ1v) is 6.60. The van der Waals surface area contributed by atoms with Crippen LogP contribution in [0.25, 0.3) is 0 Å². The maximum Gasteiger partial charge on any atom is 0.238 e. The Bertz CT molecular complexity index is 438. The number of rotatable bonds is 5. The van der Waals surface area contributed by atoms with Crippen LogP contribution < -0.4 is 10.6 Å². The fourth-order valence-electron chi connectivity index (χ4n) is 2.47. The minimum absolute atomic E-state index is 0.157. The molecule has 1 unspecified atom stereocenters. The molecule has 0 radical (unpaired) electrons. The van der Waals surface area contributed by atoms with E-state index in [0.717, 1.165) is 26.1 Å². The van der Waals surface area contributed by atoms with E-state index in [9.17, 15) is 9.18 Å². The first kappa shape index (κ1) is 14.0. The lowest BCUT2D eigenvalue weighted by molar-refractivity contribution is -0.117. The molecule has 0 saturated carbocycles. The van der Waals surface area contributed by atoms with Crippen LogP contribution >= 0.6 is 0 Å². The van der Waals surface area contributed by atoms with Crippen LogP contribution in [0.1, 0.15) is 6.42 Å². The molecule has 4 nitrogen and oxygen atoms in total. The van der Waals surface area contributed by atoms with Crippen LogP contribution in [0, 0.1) is 11.7 Å². The van der Waals surface area contributed by atoms with E-state index in [1.54, 1.807) is 18.2 Å². The van der Waals surface area contributed by atoms with Crippen molar-refractivity contribution < 1.29 is 9.18 Å². The molecule has 0 bridgehead atoms. The number of carbonyl (C=O) groups is 1. The van der Waals surface area contributed by atoms with Crippen molar-refractivity contribution in [1.29, 1.82) is 0 Å². The first-order chi connectivity index (χ1) is 9.19. The molecule has 1 aromatic rings. The van der Waals surface area contributed by atoms with Crippen molar-refractivity contribution in [3.63, 3.8) is 0 Å². The molecule has 104 valence electrons. The van der Waals surface area contributed by atoms with Crippen molar-refractivity contribution in [3.05, 3.63) is 30.1 Å². The van der Waals surface area contributed by atoms with Crippen LogP contribution in [-0.2, 0) is 4.79 Å². The van der Waals surface area contributed by atoms with Crippen molar-refractivity contribution in [1.82, 2.24) is 10.2 Å². The summed E-state index contributed by atoms with van der Waals surface area (Å²) >= 11 is 0. The molecular formula is C14H20FN3O. The van der Waals surface area contributed by atoms with E-state index in [0.29, 0.717) is 12.5 Å². The molecule has 0 aliphatic carbocycles. The first-order valence-electron chi connectivity index (χ1n) is 6.60. The van der Waals surface area contributed by atoms with E-state index in [-0.39, 0.29) is 11.6 Å². The smallest absolute Gasteiger partial charge is 0.238 e. The largest absolute Gasteiger partial charge is 0.322 e. The van der Waals surface area contributed by atoms with Gasteiger partial charge in [-0.2, -0.15) is 0 Å². The van der Waals surface area contributed by atoms with Crippen LogP contribution in [-0.4, -0.2) is 44.0 Å². The van der Waals surface area contributed by atoms with Crippen LogP contribution in [0.4, 0.5) is 10.1 Å². The second-order valence-corrected chi connectivity index (χ2v) is 4.98. The SMILES string of the molecule is CNCC1CCN(CC(=O)Nc2ccccc2F)C1. The minimum Gasteiger partial charge on any atom is -0.322 e. The van der Waals surface area contributed by atoms with Crippen molar-refractivity contribution in [3.8, 4) is 0 Å². The molecule has 0 spiro atoms. The molecule has 1 saturated heterocycles. The highest BCUT2D eigenvalue weighted by atomic mass is 19.1. The predicted molar refractivity (Wildman–Crippen MR) is 73.5 cm³/mol. The molecule has 1 atom stereocenters.